The zero-order chi connectivity index (χ0) is 14.5. The number of aryl methyl sites for hydroxylation is 1. The molecule has 1 atom stereocenters. The van der Waals surface area contributed by atoms with Crippen LogP contribution in [0.1, 0.15) is 30.7 Å². The van der Waals surface area contributed by atoms with E-state index in [-0.39, 0.29) is 5.75 Å². The van der Waals surface area contributed by atoms with Crippen molar-refractivity contribution >= 4 is 0 Å². The number of nitrogens with zero attached hydrogens (tertiary/aromatic N) is 3. The van der Waals surface area contributed by atoms with E-state index < -0.39 is 12.7 Å². The molecule has 1 aromatic heterocycles. The smallest absolute Gasteiger partial charge is 0.387 e. The number of benzene rings is 1. The van der Waals surface area contributed by atoms with E-state index in [9.17, 15) is 13.9 Å². The Morgan fingerprint density at radius 1 is 1.30 bits per heavy atom. The van der Waals surface area contributed by atoms with E-state index in [4.69, 9.17) is 0 Å². The largest absolute Gasteiger partial charge is 0.435 e. The molecule has 1 aromatic carbocycles. The predicted molar refractivity (Wildman–Crippen MR) is 67.4 cm³/mol. The number of aliphatic hydroxyl groups excluding tert-OH is 1. The van der Waals surface area contributed by atoms with Crippen molar-refractivity contribution in [1.82, 2.24) is 15.0 Å². The van der Waals surface area contributed by atoms with Crippen LogP contribution in [-0.4, -0.2) is 26.7 Å². The first-order valence-electron chi connectivity index (χ1n) is 6.23. The van der Waals surface area contributed by atoms with E-state index in [1.807, 2.05) is 6.92 Å². The highest BCUT2D eigenvalue weighted by Crippen LogP contribution is 2.24. The highest BCUT2D eigenvalue weighted by atomic mass is 19.3. The lowest BCUT2D eigenvalue weighted by Gasteiger charge is -2.13. The Hall–Kier alpha value is -2.02. The molecule has 2 rings (SSSR count). The molecular weight excluding hydrogens is 268 g/mol. The SMILES string of the molecule is CCCn1nncc1C(O)c1ccc(OC(F)F)cc1. The molecule has 108 valence electrons. The Morgan fingerprint density at radius 3 is 2.60 bits per heavy atom. The summed E-state index contributed by atoms with van der Waals surface area (Å²) in [7, 11) is 0. The van der Waals surface area contributed by atoms with Crippen LogP contribution in [-0.2, 0) is 6.54 Å². The predicted octanol–water partition coefficient (Wildman–Crippen LogP) is 2.37. The van der Waals surface area contributed by atoms with Gasteiger partial charge in [0.25, 0.3) is 0 Å². The number of aliphatic hydroxyl groups is 1. The highest BCUT2D eigenvalue weighted by Gasteiger charge is 2.16. The second-order valence-corrected chi connectivity index (χ2v) is 4.23. The van der Waals surface area contributed by atoms with E-state index in [0.717, 1.165) is 6.42 Å². The first kappa shape index (κ1) is 14.4. The summed E-state index contributed by atoms with van der Waals surface area (Å²) in [6, 6.07) is 5.84. The summed E-state index contributed by atoms with van der Waals surface area (Å²) >= 11 is 0. The molecule has 0 aliphatic heterocycles. The molecule has 0 radical (unpaired) electrons. The van der Waals surface area contributed by atoms with Crippen molar-refractivity contribution in [3.8, 4) is 5.75 Å². The van der Waals surface area contributed by atoms with Gasteiger partial charge in [0, 0.05) is 6.54 Å². The van der Waals surface area contributed by atoms with Crippen molar-refractivity contribution in [1.29, 1.82) is 0 Å². The van der Waals surface area contributed by atoms with Crippen LogP contribution in [0.25, 0.3) is 0 Å². The van der Waals surface area contributed by atoms with Gasteiger partial charge in [0.15, 0.2) is 0 Å². The van der Waals surface area contributed by atoms with Crippen LogP contribution >= 0.6 is 0 Å². The Balaban J connectivity index is 2.16. The third kappa shape index (κ3) is 3.30. The molecule has 0 aliphatic carbocycles. The van der Waals surface area contributed by atoms with Gasteiger partial charge in [0.05, 0.1) is 11.9 Å². The topological polar surface area (TPSA) is 60.2 Å². The molecule has 0 amide bonds. The molecule has 1 unspecified atom stereocenters. The van der Waals surface area contributed by atoms with Crippen LogP contribution < -0.4 is 4.74 Å². The third-order valence-electron chi connectivity index (χ3n) is 2.78. The first-order chi connectivity index (χ1) is 9.61. The quantitative estimate of drug-likeness (QED) is 0.884. The fourth-order valence-electron chi connectivity index (χ4n) is 1.87. The number of hydrogen-bond acceptors (Lipinski definition) is 4. The highest BCUT2D eigenvalue weighted by molar-refractivity contribution is 5.31. The maximum absolute atomic E-state index is 12.0. The maximum atomic E-state index is 12.0. The molecule has 20 heavy (non-hydrogen) atoms. The Morgan fingerprint density at radius 2 is 2.00 bits per heavy atom. The van der Waals surface area contributed by atoms with Crippen LogP contribution in [0.3, 0.4) is 0 Å². The second kappa shape index (κ2) is 6.42. The Labute approximate surface area is 114 Å². The lowest BCUT2D eigenvalue weighted by molar-refractivity contribution is -0.0498. The van der Waals surface area contributed by atoms with Gasteiger partial charge in [-0.2, -0.15) is 8.78 Å². The van der Waals surface area contributed by atoms with E-state index in [0.29, 0.717) is 17.8 Å². The summed E-state index contributed by atoms with van der Waals surface area (Å²) in [5, 5.41) is 17.9. The molecule has 2 aromatic rings. The van der Waals surface area contributed by atoms with E-state index in [1.165, 1.54) is 30.5 Å². The molecule has 0 spiro atoms. The monoisotopic (exact) mass is 283 g/mol. The van der Waals surface area contributed by atoms with Crippen LogP contribution in [0, 0.1) is 0 Å². The van der Waals surface area contributed by atoms with E-state index in [2.05, 4.69) is 15.0 Å². The van der Waals surface area contributed by atoms with Crippen LogP contribution in [0.4, 0.5) is 8.78 Å². The number of aromatic nitrogens is 3. The van der Waals surface area contributed by atoms with Gasteiger partial charge in [-0.15, -0.1) is 5.10 Å². The summed E-state index contributed by atoms with van der Waals surface area (Å²) in [5.41, 5.74) is 1.13. The molecule has 7 heteroatoms. The van der Waals surface area contributed by atoms with Gasteiger partial charge in [0.1, 0.15) is 11.9 Å². The summed E-state index contributed by atoms with van der Waals surface area (Å²) in [6.07, 6.45) is 1.45. The lowest BCUT2D eigenvalue weighted by Crippen LogP contribution is -2.10. The van der Waals surface area contributed by atoms with Gasteiger partial charge in [-0.3, -0.25) is 0 Å². The van der Waals surface area contributed by atoms with Gasteiger partial charge >= 0.3 is 6.61 Å². The van der Waals surface area contributed by atoms with E-state index >= 15 is 0 Å². The molecule has 1 heterocycles. The number of ether oxygens (including phenoxy) is 1. The van der Waals surface area contributed by atoms with Gasteiger partial charge in [-0.1, -0.05) is 24.3 Å². The summed E-state index contributed by atoms with van der Waals surface area (Å²) in [4.78, 5) is 0. The average molecular weight is 283 g/mol. The van der Waals surface area contributed by atoms with Gasteiger partial charge in [0.2, 0.25) is 0 Å². The zero-order valence-corrected chi connectivity index (χ0v) is 10.9. The Bertz CT molecular complexity index is 543. The van der Waals surface area contributed by atoms with Gasteiger partial charge < -0.3 is 9.84 Å². The molecule has 0 fully saturated rings. The second-order valence-electron chi connectivity index (χ2n) is 4.23. The fourth-order valence-corrected chi connectivity index (χ4v) is 1.87. The number of halogens is 2. The molecular formula is C13H15F2N3O2. The standard InChI is InChI=1S/C13H15F2N3O2/c1-2-7-18-11(8-16-17-18)12(19)9-3-5-10(6-4-9)20-13(14)15/h3-6,8,12-13,19H,2,7H2,1H3. The molecule has 1 N–H and O–H groups in total. The zero-order valence-electron chi connectivity index (χ0n) is 10.9. The van der Waals surface area contributed by atoms with Crippen LogP contribution in [0.5, 0.6) is 5.75 Å². The van der Waals surface area contributed by atoms with Crippen molar-refractivity contribution < 1.29 is 18.6 Å². The minimum absolute atomic E-state index is 0.0520. The average Bonchev–Trinajstić information content (AvgIpc) is 2.87. The number of rotatable bonds is 6. The van der Waals surface area contributed by atoms with E-state index in [1.54, 1.807) is 4.68 Å². The molecule has 0 aliphatic rings. The molecule has 0 saturated heterocycles. The van der Waals surface area contributed by atoms with Gasteiger partial charge in [-0.25, -0.2) is 4.68 Å². The lowest BCUT2D eigenvalue weighted by atomic mass is 10.1. The minimum atomic E-state index is -2.86. The van der Waals surface area contributed by atoms with Crippen LogP contribution in [0.2, 0.25) is 0 Å². The third-order valence-corrected chi connectivity index (χ3v) is 2.78. The number of alkyl halides is 2. The fraction of sp³-hybridized carbons (Fsp3) is 0.385. The minimum Gasteiger partial charge on any atom is -0.435 e. The molecule has 0 saturated carbocycles. The first-order valence-corrected chi connectivity index (χ1v) is 6.23. The molecule has 0 bridgehead atoms. The van der Waals surface area contributed by atoms with Crippen molar-refractivity contribution in [2.75, 3.05) is 0 Å². The maximum Gasteiger partial charge on any atom is 0.387 e. The normalized spacial score (nSPS) is 12.7. The van der Waals surface area contributed by atoms with Crippen molar-refractivity contribution in [3.05, 3.63) is 41.7 Å². The Kier molecular flexibility index (Phi) is 4.62. The number of hydrogen-bond donors (Lipinski definition) is 1. The van der Waals surface area contributed by atoms with Gasteiger partial charge in [-0.05, 0) is 24.1 Å². The summed E-state index contributed by atoms with van der Waals surface area (Å²) in [5.74, 6) is 0.0520. The van der Waals surface area contributed by atoms with Crippen molar-refractivity contribution in [3.63, 3.8) is 0 Å². The van der Waals surface area contributed by atoms with Crippen molar-refractivity contribution in [2.24, 2.45) is 0 Å². The summed E-state index contributed by atoms with van der Waals surface area (Å²) < 4.78 is 30.0. The van der Waals surface area contributed by atoms with Crippen molar-refractivity contribution in [2.45, 2.75) is 32.6 Å². The summed E-state index contributed by atoms with van der Waals surface area (Å²) in [6.45, 7) is -0.214. The molecule has 5 nitrogen and oxygen atoms in total. The van der Waals surface area contributed by atoms with Crippen LogP contribution in [0.15, 0.2) is 30.5 Å².